The zero-order chi connectivity index (χ0) is 15.9. The molecule has 1 aromatic rings. The van der Waals surface area contributed by atoms with E-state index in [0.29, 0.717) is 18.1 Å². The van der Waals surface area contributed by atoms with Crippen molar-refractivity contribution in [2.75, 3.05) is 25.6 Å². The van der Waals surface area contributed by atoms with Gasteiger partial charge in [-0.05, 0) is 56.0 Å². The fraction of sp³-hybridized carbons (Fsp3) is 0.526. The fourth-order valence-electron chi connectivity index (χ4n) is 2.95. The summed E-state index contributed by atoms with van der Waals surface area (Å²) in [5.74, 6) is 0.435. The van der Waals surface area contributed by atoms with E-state index in [1.54, 1.807) is 0 Å². The van der Waals surface area contributed by atoms with Crippen molar-refractivity contribution in [1.82, 2.24) is 0 Å². The zero-order valence-corrected chi connectivity index (χ0v) is 14.0. The van der Waals surface area contributed by atoms with Crippen molar-refractivity contribution in [3.05, 3.63) is 41.5 Å². The van der Waals surface area contributed by atoms with E-state index in [1.165, 1.54) is 37.7 Å². The SMILES string of the molecule is C/C(=C\COC(=O)c1ccc(N(C)C)cc1)C1CCCCC1. The number of esters is 1. The van der Waals surface area contributed by atoms with E-state index in [2.05, 4.69) is 13.0 Å². The molecule has 0 spiro atoms. The van der Waals surface area contributed by atoms with Crippen LogP contribution in [0, 0.1) is 5.92 Å². The lowest BCUT2D eigenvalue weighted by atomic mass is 9.84. The molecule has 0 atom stereocenters. The van der Waals surface area contributed by atoms with Gasteiger partial charge in [-0.2, -0.15) is 0 Å². The summed E-state index contributed by atoms with van der Waals surface area (Å²) in [5, 5.41) is 0. The van der Waals surface area contributed by atoms with Gasteiger partial charge in [-0.25, -0.2) is 4.79 Å². The molecular weight excluding hydrogens is 274 g/mol. The van der Waals surface area contributed by atoms with Gasteiger partial charge in [0.1, 0.15) is 6.61 Å². The van der Waals surface area contributed by atoms with Crippen LogP contribution in [-0.4, -0.2) is 26.7 Å². The summed E-state index contributed by atoms with van der Waals surface area (Å²) in [5.41, 5.74) is 3.05. The smallest absolute Gasteiger partial charge is 0.338 e. The Balaban J connectivity index is 1.84. The molecule has 1 aromatic carbocycles. The average Bonchev–Trinajstić information content (AvgIpc) is 2.55. The van der Waals surface area contributed by atoms with E-state index < -0.39 is 0 Å². The molecule has 0 bridgehead atoms. The molecule has 1 aliphatic carbocycles. The molecule has 0 aliphatic heterocycles. The monoisotopic (exact) mass is 301 g/mol. The van der Waals surface area contributed by atoms with E-state index in [0.717, 1.165) is 5.69 Å². The first kappa shape index (κ1) is 16.6. The highest BCUT2D eigenvalue weighted by Gasteiger charge is 2.14. The van der Waals surface area contributed by atoms with Crippen molar-refractivity contribution in [3.8, 4) is 0 Å². The molecule has 0 amide bonds. The highest BCUT2D eigenvalue weighted by molar-refractivity contribution is 5.89. The summed E-state index contributed by atoms with van der Waals surface area (Å²) in [6.45, 7) is 2.53. The largest absolute Gasteiger partial charge is 0.458 e. The molecule has 1 saturated carbocycles. The molecule has 3 nitrogen and oxygen atoms in total. The van der Waals surface area contributed by atoms with E-state index in [4.69, 9.17) is 4.74 Å². The van der Waals surface area contributed by atoms with Crippen LogP contribution < -0.4 is 4.90 Å². The van der Waals surface area contributed by atoms with Gasteiger partial charge in [0.05, 0.1) is 5.56 Å². The molecule has 0 unspecified atom stereocenters. The molecule has 0 saturated heterocycles. The number of hydrogen-bond acceptors (Lipinski definition) is 3. The Morgan fingerprint density at radius 3 is 2.41 bits per heavy atom. The molecular formula is C19H27NO2. The molecule has 3 heteroatoms. The Morgan fingerprint density at radius 2 is 1.82 bits per heavy atom. The Hall–Kier alpha value is -1.77. The standard InChI is InChI=1S/C19H27NO2/c1-15(16-7-5-4-6-8-16)13-14-22-19(21)17-9-11-18(12-10-17)20(2)3/h9-13,16H,4-8,14H2,1-3H3/b15-13+. The predicted molar refractivity (Wildman–Crippen MR) is 91.4 cm³/mol. The first-order chi connectivity index (χ1) is 10.6. The molecule has 2 rings (SSSR count). The highest BCUT2D eigenvalue weighted by atomic mass is 16.5. The van der Waals surface area contributed by atoms with Crippen LogP contribution in [0.25, 0.3) is 0 Å². The van der Waals surface area contributed by atoms with Crippen molar-refractivity contribution in [3.63, 3.8) is 0 Å². The topological polar surface area (TPSA) is 29.5 Å². The van der Waals surface area contributed by atoms with Gasteiger partial charge < -0.3 is 9.64 Å². The first-order valence-electron chi connectivity index (χ1n) is 8.19. The summed E-state index contributed by atoms with van der Waals surface area (Å²) in [4.78, 5) is 14.0. The lowest BCUT2D eigenvalue weighted by molar-refractivity contribution is 0.0548. The van der Waals surface area contributed by atoms with Crippen molar-refractivity contribution < 1.29 is 9.53 Å². The third kappa shape index (κ3) is 4.62. The molecule has 0 aromatic heterocycles. The summed E-state index contributed by atoms with van der Waals surface area (Å²) < 4.78 is 5.36. The predicted octanol–water partition coefficient (Wildman–Crippen LogP) is 4.44. The lowest BCUT2D eigenvalue weighted by Gasteiger charge is -2.22. The summed E-state index contributed by atoms with van der Waals surface area (Å²) in [7, 11) is 3.96. The lowest BCUT2D eigenvalue weighted by Crippen LogP contribution is -2.11. The third-order valence-corrected chi connectivity index (χ3v) is 4.49. The number of anilines is 1. The van der Waals surface area contributed by atoms with Crippen LogP contribution in [0.15, 0.2) is 35.9 Å². The maximum Gasteiger partial charge on any atom is 0.338 e. The molecule has 0 heterocycles. The fourth-order valence-corrected chi connectivity index (χ4v) is 2.95. The number of hydrogen-bond donors (Lipinski definition) is 0. The van der Waals surface area contributed by atoms with Gasteiger partial charge in [0, 0.05) is 19.8 Å². The maximum atomic E-state index is 12.0. The van der Waals surface area contributed by atoms with E-state index >= 15 is 0 Å². The Morgan fingerprint density at radius 1 is 1.18 bits per heavy atom. The minimum Gasteiger partial charge on any atom is -0.458 e. The number of carbonyl (C=O) groups excluding carboxylic acids is 1. The Bertz CT molecular complexity index is 511. The summed E-state index contributed by atoms with van der Waals surface area (Å²) in [6.07, 6.45) is 8.65. The molecule has 0 N–H and O–H groups in total. The van der Waals surface area contributed by atoms with Crippen LogP contribution in [0.2, 0.25) is 0 Å². The van der Waals surface area contributed by atoms with E-state index in [-0.39, 0.29) is 5.97 Å². The summed E-state index contributed by atoms with van der Waals surface area (Å²) in [6, 6.07) is 7.49. The Labute approximate surface area is 134 Å². The maximum absolute atomic E-state index is 12.0. The van der Waals surface area contributed by atoms with Crippen molar-refractivity contribution >= 4 is 11.7 Å². The number of rotatable bonds is 5. The molecule has 120 valence electrons. The average molecular weight is 301 g/mol. The van der Waals surface area contributed by atoms with Gasteiger partial charge in [0.25, 0.3) is 0 Å². The minimum atomic E-state index is -0.252. The van der Waals surface area contributed by atoms with Crippen molar-refractivity contribution in [2.45, 2.75) is 39.0 Å². The van der Waals surface area contributed by atoms with Crippen LogP contribution >= 0.6 is 0 Å². The van der Waals surface area contributed by atoms with Crippen LogP contribution in [0.5, 0.6) is 0 Å². The number of allylic oxidation sites excluding steroid dienone is 1. The van der Waals surface area contributed by atoms with Crippen LogP contribution in [-0.2, 0) is 4.74 Å². The first-order valence-corrected chi connectivity index (χ1v) is 8.19. The van der Waals surface area contributed by atoms with E-state index in [1.807, 2.05) is 43.3 Å². The van der Waals surface area contributed by atoms with Gasteiger partial charge in [0.2, 0.25) is 0 Å². The number of benzene rings is 1. The summed E-state index contributed by atoms with van der Waals surface area (Å²) >= 11 is 0. The van der Waals surface area contributed by atoms with Crippen LogP contribution in [0.1, 0.15) is 49.4 Å². The number of nitrogens with zero attached hydrogens (tertiary/aromatic N) is 1. The van der Waals surface area contributed by atoms with Crippen LogP contribution in [0.4, 0.5) is 5.69 Å². The third-order valence-electron chi connectivity index (χ3n) is 4.49. The quantitative estimate of drug-likeness (QED) is 0.595. The molecule has 0 radical (unpaired) electrons. The van der Waals surface area contributed by atoms with Crippen LogP contribution in [0.3, 0.4) is 0 Å². The zero-order valence-electron chi connectivity index (χ0n) is 14.0. The molecule has 22 heavy (non-hydrogen) atoms. The van der Waals surface area contributed by atoms with Crippen molar-refractivity contribution in [2.24, 2.45) is 5.92 Å². The molecule has 1 fully saturated rings. The van der Waals surface area contributed by atoms with Gasteiger partial charge in [-0.3, -0.25) is 0 Å². The van der Waals surface area contributed by atoms with Gasteiger partial charge in [-0.15, -0.1) is 0 Å². The number of carbonyl (C=O) groups is 1. The van der Waals surface area contributed by atoms with Crippen molar-refractivity contribution in [1.29, 1.82) is 0 Å². The van der Waals surface area contributed by atoms with Gasteiger partial charge >= 0.3 is 5.97 Å². The minimum absolute atomic E-state index is 0.252. The van der Waals surface area contributed by atoms with Gasteiger partial charge in [0.15, 0.2) is 0 Å². The Kier molecular flexibility index (Phi) is 6.05. The van der Waals surface area contributed by atoms with Gasteiger partial charge in [-0.1, -0.05) is 24.8 Å². The molecule has 1 aliphatic rings. The number of ether oxygens (including phenoxy) is 1. The second kappa shape index (κ2) is 8.02. The highest BCUT2D eigenvalue weighted by Crippen LogP contribution is 2.29. The second-order valence-corrected chi connectivity index (χ2v) is 6.32. The van der Waals surface area contributed by atoms with E-state index in [9.17, 15) is 4.79 Å². The second-order valence-electron chi connectivity index (χ2n) is 6.32. The normalized spacial score (nSPS) is 16.4.